The zero-order chi connectivity index (χ0) is 16.3. The Bertz CT molecular complexity index is 341. The Kier molecular flexibility index (Phi) is 6.13. The van der Waals surface area contributed by atoms with Crippen LogP contribution in [0.4, 0.5) is 0 Å². The molecule has 0 bridgehead atoms. The summed E-state index contributed by atoms with van der Waals surface area (Å²) in [6.45, 7) is 7.54. The lowest BCUT2D eigenvalue weighted by Gasteiger charge is -2.46. The average Bonchev–Trinajstić information content (AvgIpc) is 2.82. The molecule has 0 amide bonds. The molecule has 0 heterocycles. The molecule has 0 aliphatic heterocycles. The first-order chi connectivity index (χ1) is 11.1. The van der Waals surface area contributed by atoms with Crippen LogP contribution >= 0.6 is 0 Å². The minimum Gasteiger partial charge on any atom is -0.0651 e. The van der Waals surface area contributed by atoms with Crippen molar-refractivity contribution in [2.24, 2.45) is 35.0 Å². The monoisotopic (exact) mass is 318 g/mol. The molecule has 0 heteroatoms. The van der Waals surface area contributed by atoms with Crippen molar-refractivity contribution in [2.45, 2.75) is 111 Å². The molecular formula is C23H42. The quantitative estimate of drug-likeness (QED) is 0.469. The summed E-state index contributed by atoms with van der Waals surface area (Å²) in [5.41, 5.74) is 0.696. The smallest absolute Gasteiger partial charge is 0.0297 e. The molecule has 0 saturated heterocycles. The molecule has 3 saturated carbocycles. The van der Waals surface area contributed by atoms with Crippen molar-refractivity contribution >= 4 is 0 Å². The van der Waals surface area contributed by atoms with Crippen LogP contribution in [0.5, 0.6) is 0 Å². The third-order valence-electron chi connectivity index (χ3n) is 8.55. The Morgan fingerprint density at radius 2 is 1.39 bits per heavy atom. The van der Waals surface area contributed by atoms with E-state index in [1.807, 2.05) is 0 Å². The normalized spacial score (nSPS) is 46.3. The molecule has 3 aliphatic rings. The van der Waals surface area contributed by atoms with Gasteiger partial charge in [-0.3, -0.25) is 0 Å². The first kappa shape index (κ1) is 17.8. The van der Waals surface area contributed by atoms with Gasteiger partial charge < -0.3 is 0 Å². The fourth-order valence-corrected chi connectivity index (χ4v) is 6.42. The van der Waals surface area contributed by atoms with Crippen LogP contribution in [-0.4, -0.2) is 0 Å². The molecule has 0 nitrogen and oxygen atoms in total. The Hall–Kier alpha value is 0. The van der Waals surface area contributed by atoms with Gasteiger partial charge in [0.15, 0.2) is 0 Å². The van der Waals surface area contributed by atoms with Crippen molar-refractivity contribution in [3.63, 3.8) is 0 Å². The zero-order valence-electron chi connectivity index (χ0n) is 16.3. The summed E-state index contributed by atoms with van der Waals surface area (Å²) in [6, 6.07) is 0. The van der Waals surface area contributed by atoms with Crippen LogP contribution in [0.15, 0.2) is 0 Å². The van der Waals surface area contributed by atoms with Crippen molar-refractivity contribution in [1.82, 2.24) is 0 Å². The van der Waals surface area contributed by atoms with Gasteiger partial charge in [-0.25, -0.2) is 0 Å². The van der Waals surface area contributed by atoms with Crippen LogP contribution in [0.2, 0.25) is 0 Å². The predicted molar refractivity (Wildman–Crippen MR) is 102 cm³/mol. The Morgan fingerprint density at radius 1 is 0.739 bits per heavy atom. The lowest BCUT2D eigenvalue weighted by molar-refractivity contribution is 0.0528. The van der Waals surface area contributed by atoms with Gasteiger partial charge in [-0.05, 0) is 86.4 Å². The molecule has 0 N–H and O–H groups in total. The summed E-state index contributed by atoms with van der Waals surface area (Å²) in [4.78, 5) is 0. The Labute approximate surface area is 146 Å². The van der Waals surface area contributed by atoms with Gasteiger partial charge >= 0.3 is 0 Å². The highest BCUT2D eigenvalue weighted by atomic mass is 14.5. The highest BCUT2D eigenvalue weighted by molar-refractivity contribution is 4.91. The topological polar surface area (TPSA) is 0 Å². The van der Waals surface area contributed by atoms with Gasteiger partial charge in [0.1, 0.15) is 0 Å². The molecular weight excluding hydrogens is 276 g/mol. The van der Waals surface area contributed by atoms with Crippen molar-refractivity contribution < 1.29 is 0 Å². The summed E-state index contributed by atoms with van der Waals surface area (Å²) in [7, 11) is 0. The first-order valence-corrected chi connectivity index (χ1v) is 11.1. The summed E-state index contributed by atoms with van der Waals surface area (Å²) in [6.07, 6.45) is 21.4. The molecule has 134 valence electrons. The summed E-state index contributed by atoms with van der Waals surface area (Å²) < 4.78 is 0. The Morgan fingerprint density at radius 3 is 2.04 bits per heavy atom. The molecule has 0 aromatic heterocycles. The maximum Gasteiger partial charge on any atom is -0.0297 e. The van der Waals surface area contributed by atoms with Gasteiger partial charge in [0, 0.05) is 0 Å². The van der Waals surface area contributed by atoms with Gasteiger partial charge in [0.25, 0.3) is 0 Å². The molecule has 0 radical (unpaired) electrons. The van der Waals surface area contributed by atoms with Crippen LogP contribution in [0.3, 0.4) is 0 Å². The molecule has 3 fully saturated rings. The molecule has 3 aliphatic carbocycles. The number of hydrogen-bond donors (Lipinski definition) is 0. The number of hydrogen-bond acceptors (Lipinski definition) is 0. The van der Waals surface area contributed by atoms with E-state index in [0.29, 0.717) is 5.41 Å². The van der Waals surface area contributed by atoms with Crippen LogP contribution in [-0.2, 0) is 0 Å². The van der Waals surface area contributed by atoms with Crippen LogP contribution in [0.1, 0.15) is 111 Å². The van der Waals surface area contributed by atoms with E-state index < -0.39 is 0 Å². The second-order valence-electron chi connectivity index (χ2n) is 9.99. The van der Waals surface area contributed by atoms with Crippen molar-refractivity contribution in [3.05, 3.63) is 0 Å². The lowest BCUT2D eigenvalue weighted by atomic mass is 9.60. The van der Waals surface area contributed by atoms with E-state index in [2.05, 4.69) is 20.8 Å². The molecule has 0 aromatic carbocycles. The van der Waals surface area contributed by atoms with Gasteiger partial charge in [-0.15, -0.1) is 0 Å². The highest BCUT2D eigenvalue weighted by Gasteiger charge is 2.40. The second kappa shape index (κ2) is 7.92. The fraction of sp³-hybridized carbons (Fsp3) is 1.00. The number of rotatable bonds is 3. The van der Waals surface area contributed by atoms with E-state index >= 15 is 0 Å². The molecule has 2 atom stereocenters. The van der Waals surface area contributed by atoms with E-state index in [1.54, 1.807) is 51.4 Å². The molecule has 0 spiro atoms. The third kappa shape index (κ3) is 4.35. The van der Waals surface area contributed by atoms with Crippen LogP contribution < -0.4 is 0 Å². The van der Waals surface area contributed by atoms with Crippen molar-refractivity contribution in [3.8, 4) is 0 Å². The van der Waals surface area contributed by atoms with Crippen molar-refractivity contribution in [1.29, 1.82) is 0 Å². The van der Waals surface area contributed by atoms with Crippen LogP contribution in [0.25, 0.3) is 0 Å². The minimum atomic E-state index is 0.696. The van der Waals surface area contributed by atoms with E-state index in [4.69, 9.17) is 0 Å². The van der Waals surface area contributed by atoms with Crippen LogP contribution in [0, 0.1) is 35.0 Å². The van der Waals surface area contributed by atoms with E-state index in [-0.39, 0.29) is 0 Å². The largest absolute Gasteiger partial charge is 0.0651 e. The molecule has 23 heavy (non-hydrogen) atoms. The average molecular weight is 319 g/mol. The van der Waals surface area contributed by atoms with Gasteiger partial charge in [0.2, 0.25) is 0 Å². The van der Waals surface area contributed by atoms with E-state index in [9.17, 15) is 0 Å². The maximum atomic E-state index is 2.67. The van der Waals surface area contributed by atoms with E-state index in [1.165, 1.54) is 38.5 Å². The zero-order valence-corrected chi connectivity index (χ0v) is 16.3. The van der Waals surface area contributed by atoms with Gasteiger partial charge in [0.05, 0.1) is 0 Å². The molecule has 0 aromatic rings. The third-order valence-corrected chi connectivity index (χ3v) is 8.55. The molecule has 3 rings (SSSR count). The first-order valence-electron chi connectivity index (χ1n) is 11.1. The SMILES string of the molecule is CCC1CCCC(C2(C)CCC(C3CCC(C)CC3)CC2)CC1. The fourth-order valence-electron chi connectivity index (χ4n) is 6.42. The second-order valence-corrected chi connectivity index (χ2v) is 9.99. The minimum absolute atomic E-state index is 0.696. The summed E-state index contributed by atoms with van der Waals surface area (Å²) in [5, 5.41) is 0. The maximum absolute atomic E-state index is 2.67. The Balaban J connectivity index is 1.50. The van der Waals surface area contributed by atoms with Gasteiger partial charge in [-0.2, -0.15) is 0 Å². The predicted octanol–water partition coefficient (Wildman–Crippen LogP) is 7.62. The highest BCUT2D eigenvalue weighted by Crippen LogP contribution is 2.52. The van der Waals surface area contributed by atoms with Gasteiger partial charge in [-0.1, -0.05) is 59.3 Å². The van der Waals surface area contributed by atoms with E-state index in [0.717, 1.165) is 29.6 Å². The summed E-state index contributed by atoms with van der Waals surface area (Å²) >= 11 is 0. The molecule has 2 unspecified atom stereocenters. The summed E-state index contributed by atoms with van der Waals surface area (Å²) in [5.74, 6) is 5.28. The lowest BCUT2D eigenvalue weighted by Crippen LogP contribution is -2.35. The standard InChI is InChI=1S/C23H42/c1-4-19-6-5-7-22(13-10-19)23(3)16-14-21(15-17-23)20-11-8-18(2)9-12-20/h18-22H,4-17H2,1-3H3. The van der Waals surface area contributed by atoms with Crippen molar-refractivity contribution in [2.75, 3.05) is 0 Å².